The van der Waals surface area contributed by atoms with E-state index in [-0.39, 0.29) is 6.10 Å². The fraction of sp³-hybridized carbons (Fsp3) is 0.571. The first-order valence-corrected chi connectivity index (χ1v) is 6.51. The van der Waals surface area contributed by atoms with Gasteiger partial charge in [-0.3, -0.25) is 9.80 Å². The Kier molecular flexibility index (Phi) is 3.14. The van der Waals surface area contributed by atoms with E-state index in [9.17, 15) is 5.11 Å². The lowest BCUT2D eigenvalue weighted by Crippen LogP contribution is -2.52. The molecular formula is C14H20N2O. The van der Waals surface area contributed by atoms with Gasteiger partial charge < -0.3 is 5.11 Å². The lowest BCUT2D eigenvalue weighted by atomic mass is 10.1. The molecule has 2 saturated heterocycles. The van der Waals surface area contributed by atoms with Crippen molar-refractivity contribution in [3.8, 4) is 0 Å². The maximum Gasteiger partial charge on any atom is 0.0720 e. The van der Waals surface area contributed by atoms with Crippen LogP contribution in [0.1, 0.15) is 12.0 Å². The molecule has 0 bridgehead atoms. The number of hydrogen-bond acceptors (Lipinski definition) is 3. The largest absolute Gasteiger partial charge is 0.391 e. The number of aliphatic hydroxyl groups is 1. The van der Waals surface area contributed by atoms with Gasteiger partial charge in [-0.1, -0.05) is 30.3 Å². The number of benzene rings is 1. The minimum atomic E-state index is -0.117. The Hall–Kier alpha value is -0.900. The molecule has 2 aliphatic heterocycles. The van der Waals surface area contributed by atoms with Crippen LogP contribution in [0.5, 0.6) is 0 Å². The van der Waals surface area contributed by atoms with Crippen molar-refractivity contribution in [1.82, 2.24) is 9.80 Å². The van der Waals surface area contributed by atoms with Crippen molar-refractivity contribution in [2.75, 3.05) is 26.2 Å². The van der Waals surface area contributed by atoms with Gasteiger partial charge in [0.05, 0.1) is 6.10 Å². The zero-order valence-corrected chi connectivity index (χ0v) is 10.1. The fourth-order valence-electron chi connectivity index (χ4n) is 3.03. The van der Waals surface area contributed by atoms with Gasteiger partial charge in [-0.2, -0.15) is 0 Å². The van der Waals surface area contributed by atoms with E-state index in [1.54, 1.807) is 0 Å². The molecule has 0 radical (unpaired) electrons. The molecule has 0 aromatic heterocycles. The summed E-state index contributed by atoms with van der Waals surface area (Å²) in [6.45, 7) is 5.33. The van der Waals surface area contributed by atoms with E-state index in [0.29, 0.717) is 6.04 Å². The molecule has 3 heteroatoms. The zero-order chi connectivity index (χ0) is 11.7. The van der Waals surface area contributed by atoms with Crippen LogP contribution in [0.15, 0.2) is 30.3 Å². The maximum absolute atomic E-state index is 9.94. The van der Waals surface area contributed by atoms with Crippen LogP contribution in [0, 0.1) is 0 Å². The molecule has 2 atom stereocenters. The van der Waals surface area contributed by atoms with E-state index in [1.807, 2.05) is 0 Å². The van der Waals surface area contributed by atoms with Gasteiger partial charge in [0.15, 0.2) is 0 Å². The normalized spacial score (nSPS) is 30.4. The Morgan fingerprint density at radius 2 is 1.94 bits per heavy atom. The van der Waals surface area contributed by atoms with E-state index in [2.05, 4.69) is 40.1 Å². The molecule has 2 unspecified atom stereocenters. The van der Waals surface area contributed by atoms with Crippen molar-refractivity contribution in [3.63, 3.8) is 0 Å². The number of hydrogen-bond donors (Lipinski definition) is 1. The third-order valence-corrected chi connectivity index (χ3v) is 4.02. The first kappa shape index (κ1) is 11.2. The number of rotatable bonds is 2. The van der Waals surface area contributed by atoms with Crippen LogP contribution in [0.25, 0.3) is 0 Å². The summed E-state index contributed by atoms with van der Waals surface area (Å²) < 4.78 is 0. The van der Waals surface area contributed by atoms with Crippen molar-refractivity contribution in [3.05, 3.63) is 35.9 Å². The summed E-state index contributed by atoms with van der Waals surface area (Å²) in [5, 5.41) is 9.94. The van der Waals surface area contributed by atoms with Gasteiger partial charge in [-0.15, -0.1) is 0 Å². The van der Waals surface area contributed by atoms with Gasteiger partial charge in [-0.25, -0.2) is 0 Å². The molecule has 2 heterocycles. The van der Waals surface area contributed by atoms with E-state index in [0.717, 1.165) is 39.1 Å². The Balaban J connectivity index is 1.62. The van der Waals surface area contributed by atoms with Crippen molar-refractivity contribution < 1.29 is 5.11 Å². The van der Waals surface area contributed by atoms with Crippen LogP contribution >= 0.6 is 0 Å². The van der Waals surface area contributed by atoms with Crippen molar-refractivity contribution in [1.29, 1.82) is 0 Å². The molecular weight excluding hydrogens is 212 g/mol. The van der Waals surface area contributed by atoms with E-state index >= 15 is 0 Å². The second-order valence-electron chi connectivity index (χ2n) is 5.18. The molecule has 3 nitrogen and oxygen atoms in total. The predicted molar refractivity (Wildman–Crippen MR) is 67.7 cm³/mol. The number of fused-ring (bicyclic) bond motifs is 1. The van der Waals surface area contributed by atoms with Crippen molar-refractivity contribution in [2.24, 2.45) is 0 Å². The lowest BCUT2D eigenvalue weighted by molar-refractivity contribution is 0.0430. The standard InChI is InChI=1S/C14H20N2O/c17-14-6-7-16-9-8-15(11-13(14)16)10-12-4-2-1-3-5-12/h1-5,13-14,17H,6-11H2. The quantitative estimate of drug-likeness (QED) is 0.822. The first-order valence-electron chi connectivity index (χ1n) is 6.51. The molecule has 0 saturated carbocycles. The van der Waals surface area contributed by atoms with Crippen LogP contribution in [-0.4, -0.2) is 53.2 Å². The molecule has 2 fully saturated rings. The minimum Gasteiger partial charge on any atom is -0.391 e. The van der Waals surface area contributed by atoms with Gasteiger partial charge in [0.2, 0.25) is 0 Å². The molecule has 17 heavy (non-hydrogen) atoms. The summed E-state index contributed by atoms with van der Waals surface area (Å²) in [5.41, 5.74) is 1.37. The van der Waals surface area contributed by atoms with Crippen molar-refractivity contribution >= 4 is 0 Å². The molecule has 0 aliphatic carbocycles. The Labute approximate surface area is 103 Å². The molecule has 3 rings (SSSR count). The smallest absolute Gasteiger partial charge is 0.0720 e. The molecule has 1 aromatic carbocycles. The van der Waals surface area contributed by atoms with Gasteiger partial charge in [0.25, 0.3) is 0 Å². The number of nitrogens with zero attached hydrogens (tertiary/aromatic N) is 2. The zero-order valence-electron chi connectivity index (χ0n) is 10.1. The Morgan fingerprint density at radius 3 is 2.76 bits per heavy atom. The van der Waals surface area contributed by atoms with Crippen molar-refractivity contribution in [2.45, 2.75) is 25.1 Å². The number of piperazine rings is 1. The molecule has 0 spiro atoms. The molecule has 1 aromatic rings. The lowest BCUT2D eigenvalue weighted by Gasteiger charge is -2.38. The summed E-state index contributed by atoms with van der Waals surface area (Å²) in [6.07, 6.45) is 0.831. The summed E-state index contributed by atoms with van der Waals surface area (Å²) in [6, 6.07) is 11.0. The highest BCUT2D eigenvalue weighted by Crippen LogP contribution is 2.23. The highest BCUT2D eigenvalue weighted by molar-refractivity contribution is 5.14. The van der Waals surface area contributed by atoms with E-state index in [4.69, 9.17) is 0 Å². The average Bonchev–Trinajstić information content (AvgIpc) is 2.73. The first-order chi connectivity index (χ1) is 8.33. The van der Waals surface area contributed by atoms with Gasteiger partial charge in [0, 0.05) is 38.8 Å². The average molecular weight is 232 g/mol. The third kappa shape index (κ3) is 2.37. The van der Waals surface area contributed by atoms with E-state index in [1.165, 1.54) is 5.56 Å². The molecule has 92 valence electrons. The van der Waals surface area contributed by atoms with Crippen LogP contribution in [0.2, 0.25) is 0 Å². The van der Waals surface area contributed by atoms with Gasteiger partial charge >= 0.3 is 0 Å². The monoisotopic (exact) mass is 232 g/mol. The SMILES string of the molecule is OC1CCN2CCN(Cc3ccccc3)CC12. The summed E-state index contributed by atoms with van der Waals surface area (Å²) in [5.74, 6) is 0. The minimum absolute atomic E-state index is 0.117. The Bertz CT molecular complexity index is 368. The highest BCUT2D eigenvalue weighted by Gasteiger charge is 2.36. The Morgan fingerprint density at radius 1 is 1.12 bits per heavy atom. The highest BCUT2D eigenvalue weighted by atomic mass is 16.3. The third-order valence-electron chi connectivity index (χ3n) is 4.02. The van der Waals surface area contributed by atoms with E-state index < -0.39 is 0 Å². The molecule has 2 aliphatic rings. The van der Waals surface area contributed by atoms with Gasteiger partial charge in [0.1, 0.15) is 0 Å². The fourth-order valence-corrected chi connectivity index (χ4v) is 3.03. The van der Waals surface area contributed by atoms with Crippen LogP contribution in [0.4, 0.5) is 0 Å². The summed E-state index contributed by atoms with van der Waals surface area (Å²) >= 11 is 0. The second kappa shape index (κ2) is 4.77. The number of aliphatic hydroxyl groups excluding tert-OH is 1. The second-order valence-corrected chi connectivity index (χ2v) is 5.18. The molecule has 1 N–H and O–H groups in total. The predicted octanol–water partition coefficient (Wildman–Crippen LogP) is 0.937. The van der Waals surface area contributed by atoms with Crippen LogP contribution < -0.4 is 0 Å². The summed E-state index contributed by atoms with van der Waals surface area (Å²) in [7, 11) is 0. The maximum atomic E-state index is 9.94. The topological polar surface area (TPSA) is 26.7 Å². The van der Waals surface area contributed by atoms with Crippen LogP contribution in [0.3, 0.4) is 0 Å². The molecule has 0 amide bonds. The summed E-state index contributed by atoms with van der Waals surface area (Å²) in [4.78, 5) is 4.90. The van der Waals surface area contributed by atoms with Crippen LogP contribution in [-0.2, 0) is 6.54 Å². The van der Waals surface area contributed by atoms with Gasteiger partial charge in [-0.05, 0) is 12.0 Å².